The van der Waals surface area contributed by atoms with E-state index in [9.17, 15) is 4.79 Å². The molecule has 1 aromatic rings. The third-order valence-electron chi connectivity index (χ3n) is 3.57. The molecule has 1 fully saturated rings. The lowest BCUT2D eigenvalue weighted by molar-refractivity contribution is -0.115. The van der Waals surface area contributed by atoms with Crippen molar-refractivity contribution in [1.82, 2.24) is 5.32 Å². The second kappa shape index (κ2) is 10.2. The van der Waals surface area contributed by atoms with Gasteiger partial charge in [-0.25, -0.2) is 0 Å². The van der Waals surface area contributed by atoms with Crippen LogP contribution in [0.15, 0.2) is 24.3 Å². The summed E-state index contributed by atoms with van der Waals surface area (Å²) in [5.41, 5.74) is 0.735. The van der Waals surface area contributed by atoms with Gasteiger partial charge in [0.1, 0.15) is 12.4 Å². The molecule has 0 spiro atoms. The molecule has 0 saturated carbocycles. The van der Waals surface area contributed by atoms with E-state index in [0.717, 1.165) is 43.9 Å². The largest absolute Gasteiger partial charge is 0.491 e. The summed E-state index contributed by atoms with van der Waals surface area (Å²) in [5, 5.41) is 5.93. The smallest absolute Gasteiger partial charge is 0.238 e. The summed E-state index contributed by atoms with van der Waals surface area (Å²) in [4.78, 5) is 11.9. The van der Waals surface area contributed by atoms with E-state index in [4.69, 9.17) is 14.2 Å². The van der Waals surface area contributed by atoms with Crippen molar-refractivity contribution < 1.29 is 19.0 Å². The van der Waals surface area contributed by atoms with Crippen LogP contribution in [0.5, 0.6) is 5.75 Å². The molecule has 0 aliphatic carbocycles. The molecule has 1 aliphatic rings. The Balaban J connectivity index is 1.69. The maximum Gasteiger partial charge on any atom is 0.238 e. The highest BCUT2D eigenvalue weighted by Gasteiger charge is 2.16. The van der Waals surface area contributed by atoms with Crippen LogP contribution in [0.2, 0.25) is 0 Å². The van der Waals surface area contributed by atoms with Crippen LogP contribution in [0.1, 0.15) is 19.3 Å². The second-order valence-corrected chi connectivity index (χ2v) is 5.55. The van der Waals surface area contributed by atoms with Crippen LogP contribution in [0.3, 0.4) is 0 Å². The van der Waals surface area contributed by atoms with E-state index in [-0.39, 0.29) is 18.6 Å². The number of hydrogen-bond acceptors (Lipinski definition) is 5. The molecule has 1 atom stereocenters. The fourth-order valence-electron chi connectivity index (χ4n) is 2.38. The molecule has 0 aromatic heterocycles. The van der Waals surface area contributed by atoms with E-state index in [1.807, 2.05) is 24.3 Å². The van der Waals surface area contributed by atoms with Crippen LogP contribution in [0.25, 0.3) is 0 Å². The van der Waals surface area contributed by atoms with Gasteiger partial charge < -0.3 is 24.8 Å². The van der Waals surface area contributed by atoms with Gasteiger partial charge in [-0.15, -0.1) is 0 Å². The van der Waals surface area contributed by atoms with Crippen molar-refractivity contribution in [3.63, 3.8) is 0 Å². The Bertz CT molecular complexity index is 475. The zero-order valence-electron chi connectivity index (χ0n) is 13.7. The number of carbonyl (C=O) groups is 1. The Morgan fingerprint density at radius 1 is 1.43 bits per heavy atom. The number of methoxy groups -OCH3 is 1. The van der Waals surface area contributed by atoms with Gasteiger partial charge in [0.15, 0.2) is 0 Å². The third kappa shape index (κ3) is 6.99. The molecule has 1 aliphatic heterocycles. The van der Waals surface area contributed by atoms with Crippen LogP contribution in [-0.4, -0.2) is 52.0 Å². The van der Waals surface area contributed by atoms with E-state index < -0.39 is 0 Å². The minimum atomic E-state index is -0.0707. The summed E-state index contributed by atoms with van der Waals surface area (Å²) in [5.74, 6) is 0.671. The molecular weight excluding hydrogens is 296 g/mol. The molecule has 23 heavy (non-hydrogen) atoms. The van der Waals surface area contributed by atoms with E-state index in [2.05, 4.69) is 10.6 Å². The number of nitrogens with one attached hydrogen (secondary N) is 2. The molecule has 1 amide bonds. The average molecular weight is 322 g/mol. The Labute approximate surface area is 137 Å². The molecule has 1 aromatic carbocycles. The summed E-state index contributed by atoms with van der Waals surface area (Å²) < 4.78 is 16.2. The lowest BCUT2D eigenvalue weighted by Gasteiger charge is -2.12. The number of benzene rings is 1. The first kappa shape index (κ1) is 17.7. The first-order chi connectivity index (χ1) is 11.3. The van der Waals surface area contributed by atoms with Crippen LogP contribution in [0.4, 0.5) is 5.69 Å². The minimum Gasteiger partial charge on any atom is -0.491 e. The zero-order chi connectivity index (χ0) is 16.3. The summed E-state index contributed by atoms with van der Waals surface area (Å²) in [7, 11) is 1.67. The molecule has 6 heteroatoms. The lowest BCUT2D eigenvalue weighted by atomic mass is 10.2. The van der Waals surface area contributed by atoms with Crippen LogP contribution >= 0.6 is 0 Å². The van der Waals surface area contributed by atoms with Crippen molar-refractivity contribution in [2.24, 2.45) is 0 Å². The quantitative estimate of drug-likeness (QED) is 0.643. The molecule has 2 rings (SSSR count). The number of ether oxygens (including phenoxy) is 3. The monoisotopic (exact) mass is 322 g/mol. The molecular formula is C17H26N2O4. The van der Waals surface area contributed by atoms with Gasteiger partial charge in [-0.05, 0) is 37.9 Å². The Morgan fingerprint density at radius 2 is 2.35 bits per heavy atom. The van der Waals surface area contributed by atoms with E-state index >= 15 is 0 Å². The topological polar surface area (TPSA) is 68.8 Å². The van der Waals surface area contributed by atoms with Crippen molar-refractivity contribution in [3.8, 4) is 5.75 Å². The van der Waals surface area contributed by atoms with E-state index in [1.165, 1.54) is 0 Å². The van der Waals surface area contributed by atoms with Gasteiger partial charge >= 0.3 is 0 Å². The van der Waals surface area contributed by atoms with Crippen molar-refractivity contribution in [3.05, 3.63) is 24.3 Å². The van der Waals surface area contributed by atoms with Crippen molar-refractivity contribution >= 4 is 11.6 Å². The van der Waals surface area contributed by atoms with Crippen molar-refractivity contribution in [2.45, 2.75) is 25.4 Å². The number of carbonyl (C=O) groups excluding carboxylic acids is 1. The van der Waals surface area contributed by atoms with Gasteiger partial charge in [0.25, 0.3) is 0 Å². The molecule has 1 saturated heterocycles. The highest BCUT2D eigenvalue weighted by atomic mass is 16.5. The van der Waals surface area contributed by atoms with Crippen molar-refractivity contribution in [2.75, 3.05) is 45.3 Å². The maximum absolute atomic E-state index is 11.9. The predicted octanol–water partition coefficient (Wildman–Crippen LogP) is 1.81. The minimum absolute atomic E-state index is 0.0707. The van der Waals surface area contributed by atoms with E-state index in [0.29, 0.717) is 13.2 Å². The second-order valence-electron chi connectivity index (χ2n) is 5.55. The average Bonchev–Trinajstić information content (AvgIpc) is 3.06. The molecule has 1 heterocycles. The summed E-state index contributed by atoms with van der Waals surface area (Å²) in [6.07, 6.45) is 3.22. The normalized spacial score (nSPS) is 17.2. The molecule has 2 N–H and O–H groups in total. The fourth-order valence-corrected chi connectivity index (χ4v) is 2.38. The van der Waals surface area contributed by atoms with Gasteiger partial charge in [0.05, 0.1) is 12.6 Å². The number of hydrogen-bond donors (Lipinski definition) is 2. The van der Waals surface area contributed by atoms with E-state index in [1.54, 1.807) is 7.11 Å². The highest BCUT2D eigenvalue weighted by molar-refractivity contribution is 5.92. The zero-order valence-corrected chi connectivity index (χ0v) is 13.7. The number of rotatable bonds is 10. The third-order valence-corrected chi connectivity index (χ3v) is 3.57. The fraction of sp³-hybridized carbons (Fsp3) is 0.588. The number of amides is 1. The first-order valence-corrected chi connectivity index (χ1v) is 8.12. The number of anilines is 1. The van der Waals surface area contributed by atoms with Gasteiger partial charge in [-0.3, -0.25) is 4.79 Å². The molecule has 0 bridgehead atoms. The maximum atomic E-state index is 11.9. The first-order valence-electron chi connectivity index (χ1n) is 8.12. The standard InChI is InChI=1S/C17H26N2O4/c1-21-9-4-8-18-12-17(20)19-14-5-2-6-15(11-14)23-13-16-7-3-10-22-16/h2,5-6,11,16,18H,3-4,7-10,12-13H2,1H3,(H,19,20). The Hall–Kier alpha value is -1.63. The SMILES string of the molecule is COCCCNCC(=O)Nc1cccc(OCC2CCCO2)c1. The summed E-state index contributed by atoms with van der Waals surface area (Å²) in [6.45, 7) is 3.11. The lowest BCUT2D eigenvalue weighted by Crippen LogP contribution is -2.29. The molecule has 6 nitrogen and oxygen atoms in total. The Morgan fingerprint density at radius 3 is 3.13 bits per heavy atom. The molecule has 1 unspecified atom stereocenters. The summed E-state index contributed by atoms with van der Waals surface area (Å²) in [6, 6.07) is 7.43. The van der Waals surface area contributed by atoms with Gasteiger partial charge in [-0.1, -0.05) is 6.07 Å². The van der Waals surface area contributed by atoms with Gasteiger partial charge in [0.2, 0.25) is 5.91 Å². The van der Waals surface area contributed by atoms with Crippen molar-refractivity contribution in [1.29, 1.82) is 0 Å². The van der Waals surface area contributed by atoms with Crippen LogP contribution in [0, 0.1) is 0 Å². The molecule has 0 radical (unpaired) electrons. The molecule has 128 valence electrons. The van der Waals surface area contributed by atoms with Gasteiger partial charge in [0, 0.05) is 32.1 Å². The van der Waals surface area contributed by atoms with Crippen LogP contribution < -0.4 is 15.4 Å². The van der Waals surface area contributed by atoms with Gasteiger partial charge in [-0.2, -0.15) is 0 Å². The Kier molecular flexibility index (Phi) is 7.86. The highest BCUT2D eigenvalue weighted by Crippen LogP contribution is 2.19. The van der Waals surface area contributed by atoms with Crippen LogP contribution in [-0.2, 0) is 14.3 Å². The summed E-state index contributed by atoms with van der Waals surface area (Å²) >= 11 is 0. The predicted molar refractivity (Wildman–Crippen MR) is 88.9 cm³/mol.